The van der Waals surface area contributed by atoms with Crippen LogP contribution in [0.1, 0.15) is 10.4 Å². The topological polar surface area (TPSA) is 120 Å². The first-order valence-electron chi connectivity index (χ1n) is 6.42. The van der Waals surface area contributed by atoms with Crippen LogP contribution < -0.4 is 16.4 Å². The normalized spacial score (nSPS) is 14.5. The molecule has 2 aromatic heterocycles. The molecule has 1 aliphatic rings. The van der Waals surface area contributed by atoms with Gasteiger partial charge in [-0.1, -0.05) is 0 Å². The number of carbonyl (C=O) groups excluding carboxylic acids is 1. The third-order valence-corrected chi connectivity index (χ3v) is 3.17. The van der Waals surface area contributed by atoms with Gasteiger partial charge in [-0.25, -0.2) is 14.8 Å². The largest absolute Gasteiger partial charge is 0.465 e. The molecule has 0 radical (unpaired) electrons. The summed E-state index contributed by atoms with van der Waals surface area (Å²) in [6.07, 6.45) is 3.15. The molecule has 0 unspecified atom stereocenters. The van der Waals surface area contributed by atoms with Gasteiger partial charge < -0.3 is 21.1 Å². The molecule has 1 saturated heterocycles. The number of aromatic nitrogens is 4. The maximum Gasteiger partial charge on any atom is 0.345 e. The number of hydrogen-bond donors (Lipinski definition) is 3. The highest BCUT2D eigenvalue weighted by Gasteiger charge is 2.27. The lowest BCUT2D eigenvalue weighted by Crippen LogP contribution is -2.51. The molecule has 0 atom stereocenters. The maximum absolute atomic E-state index is 11.9. The fraction of sp³-hybridized carbons (Fsp3) is 0.333. The van der Waals surface area contributed by atoms with Gasteiger partial charge in [0.25, 0.3) is 5.95 Å². The van der Waals surface area contributed by atoms with E-state index in [2.05, 4.69) is 25.7 Å². The number of ether oxygens (including phenoxy) is 1. The Labute approximate surface area is 120 Å². The molecule has 3 rings (SSSR count). The molecule has 1 aliphatic heterocycles. The molecule has 0 saturated carbocycles. The fourth-order valence-electron chi connectivity index (χ4n) is 1.97. The molecule has 2 aromatic rings. The number of carbonyl (C=O) groups is 1. The average Bonchev–Trinajstić information content (AvgIpc) is 2.80. The van der Waals surface area contributed by atoms with E-state index in [1.54, 1.807) is 18.5 Å². The number of esters is 1. The maximum atomic E-state index is 11.9. The molecule has 0 aliphatic carbocycles. The number of nitrogen functional groups attached to an aromatic ring is 1. The number of nitrogens with one attached hydrogen (secondary N) is 2. The summed E-state index contributed by atoms with van der Waals surface area (Å²) in [4.78, 5) is 20.1. The Morgan fingerprint density at radius 1 is 1.48 bits per heavy atom. The Bertz CT molecular complexity index is 651. The van der Waals surface area contributed by atoms with Gasteiger partial charge in [0.1, 0.15) is 11.4 Å². The van der Waals surface area contributed by atoms with Gasteiger partial charge in [0.05, 0.1) is 13.2 Å². The van der Waals surface area contributed by atoms with Gasteiger partial charge >= 0.3 is 5.97 Å². The predicted molar refractivity (Wildman–Crippen MR) is 75.2 cm³/mol. The van der Waals surface area contributed by atoms with Crippen molar-refractivity contribution >= 4 is 17.6 Å². The SMILES string of the molecule is COC(=O)c1c(NC2CNC2)nn(-c2ncccn2)c1N. The highest BCUT2D eigenvalue weighted by molar-refractivity contribution is 5.99. The smallest absolute Gasteiger partial charge is 0.345 e. The van der Waals surface area contributed by atoms with Crippen molar-refractivity contribution in [2.75, 3.05) is 31.2 Å². The quantitative estimate of drug-likeness (QED) is 0.639. The Morgan fingerprint density at radius 2 is 2.19 bits per heavy atom. The van der Waals surface area contributed by atoms with Crippen molar-refractivity contribution in [3.8, 4) is 5.95 Å². The van der Waals surface area contributed by atoms with Gasteiger partial charge in [0.15, 0.2) is 5.82 Å². The van der Waals surface area contributed by atoms with Crippen LogP contribution in [-0.2, 0) is 4.74 Å². The summed E-state index contributed by atoms with van der Waals surface area (Å²) in [6.45, 7) is 1.60. The standard InChI is InChI=1S/C12H15N7O2/c1-21-11(20)8-9(13)19(12-15-3-2-4-16-12)18-10(8)17-7-5-14-6-7/h2-4,7,14H,5-6,13H2,1H3,(H,17,18). The van der Waals surface area contributed by atoms with Gasteiger partial charge in [-0.05, 0) is 6.07 Å². The Kier molecular flexibility index (Phi) is 3.40. The van der Waals surface area contributed by atoms with Crippen LogP contribution in [0.15, 0.2) is 18.5 Å². The summed E-state index contributed by atoms with van der Waals surface area (Å²) >= 11 is 0. The first kappa shape index (κ1) is 13.3. The zero-order valence-electron chi connectivity index (χ0n) is 11.4. The van der Waals surface area contributed by atoms with E-state index in [1.807, 2.05) is 0 Å². The summed E-state index contributed by atoms with van der Waals surface area (Å²) < 4.78 is 6.09. The van der Waals surface area contributed by atoms with E-state index in [1.165, 1.54) is 11.8 Å². The summed E-state index contributed by atoms with van der Waals surface area (Å²) in [5, 5.41) is 10.6. The summed E-state index contributed by atoms with van der Waals surface area (Å²) in [5.41, 5.74) is 6.20. The Balaban J connectivity index is 2.03. The number of rotatable bonds is 4. The molecule has 9 heteroatoms. The van der Waals surface area contributed by atoms with Crippen LogP contribution in [0.3, 0.4) is 0 Å². The molecule has 0 amide bonds. The molecule has 9 nitrogen and oxygen atoms in total. The van der Waals surface area contributed by atoms with E-state index < -0.39 is 5.97 Å². The highest BCUT2D eigenvalue weighted by Crippen LogP contribution is 2.25. The second kappa shape index (κ2) is 5.37. The second-order valence-electron chi connectivity index (χ2n) is 4.56. The monoisotopic (exact) mass is 289 g/mol. The van der Waals surface area contributed by atoms with Crippen LogP contribution in [0, 0.1) is 0 Å². The van der Waals surface area contributed by atoms with E-state index in [4.69, 9.17) is 10.5 Å². The molecular formula is C12H15N7O2. The van der Waals surface area contributed by atoms with Gasteiger partial charge in [-0.3, -0.25) is 0 Å². The third kappa shape index (κ3) is 2.38. The van der Waals surface area contributed by atoms with Crippen molar-refractivity contribution in [1.82, 2.24) is 25.1 Å². The minimum Gasteiger partial charge on any atom is -0.465 e. The van der Waals surface area contributed by atoms with E-state index in [-0.39, 0.29) is 17.4 Å². The molecule has 0 aromatic carbocycles. The molecule has 4 N–H and O–H groups in total. The van der Waals surface area contributed by atoms with Crippen LogP contribution in [0.2, 0.25) is 0 Å². The van der Waals surface area contributed by atoms with Gasteiger partial charge in [-0.2, -0.15) is 4.68 Å². The van der Waals surface area contributed by atoms with Crippen molar-refractivity contribution in [2.45, 2.75) is 6.04 Å². The van der Waals surface area contributed by atoms with E-state index in [0.29, 0.717) is 11.8 Å². The van der Waals surface area contributed by atoms with Crippen molar-refractivity contribution in [1.29, 1.82) is 0 Å². The number of hydrogen-bond acceptors (Lipinski definition) is 8. The van der Waals surface area contributed by atoms with Crippen LogP contribution in [0.25, 0.3) is 5.95 Å². The summed E-state index contributed by atoms with van der Waals surface area (Å²) in [6, 6.07) is 1.89. The molecule has 21 heavy (non-hydrogen) atoms. The Morgan fingerprint density at radius 3 is 2.76 bits per heavy atom. The number of methoxy groups -OCH3 is 1. The van der Waals surface area contributed by atoms with Gasteiger partial charge in [0, 0.05) is 25.5 Å². The first-order valence-corrected chi connectivity index (χ1v) is 6.42. The van der Waals surface area contributed by atoms with Gasteiger partial charge in [-0.15, -0.1) is 5.10 Å². The van der Waals surface area contributed by atoms with Crippen molar-refractivity contribution in [3.05, 3.63) is 24.0 Å². The number of nitrogens with zero attached hydrogens (tertiary/aromatic N) is 4. The molecule has 0 spiro atoms. The van der Waals surface area contributed by atoms with E-state index >= 15 is 0 Å². The van der Waals surface area contributed by atoms with Crippen LogP contribution >= 0.6 is 0 Å². The highest BCUT2D eigenvalue weighted by atomic mass is 16.5. The number of anilines is 2. The average molecular weight is 289 g/mol. The zero-order chi connectivity index (χ0) is 14.8. The van der Waals surface area contributed by atoms with E-state index in [9.17, 15) is 4.79 Å². The van der Waals surface area contributed by atoms with Crippen LogP contribution in [0.4, 0.5) is 11.6 Å². The summed E-state index contributed by atoms with van der Waals surface area (Å²) in [5.74, 6) is 0.255. The third-order valence-electron chi connectivity index (χ3n) is 3.17. The summed E-state index contributed by atoms with van der Waals surface area (Å²) in [7, 11) is 1.30. The lowest BCUT2D eigenvalue weighted by atomic mass is 10.2. The van der Waals surface area contributed by atoms with E-state index in [0.717, 1.165) is 13.1 Å². The second-order valence-corrected chi connectivity index (χ2v) is 4.56. The molecule has 110 valence electrons. The first-order chi connectivity index (χ1) is 10.2. The zero-order valence-corrected chi connectivity index (χ0v) is 11.4. The van der Waals surface area contributed by atoms with Crippen LogP contribution in [-0.4, -0.2) is 52.0 Å². The van der Waals surface area contributed by atoms with Crippen LogP contribution in [0.5, 0.6) is 0 Å². The van der Waals surface area contributed by atoms with Crippen molar-refractivity contribution < 1.29 is 9.53 Å². The lowest BCUT2D eigenvalue weighted by Gasteiger charge is -2.28. The molecular weight excluding hydrogens is 274 g/mol. The molecule has 3 heterocycles. The molecule has 0 bridgehead atoms. The molecule has 1 fully saturated rings. The van der Waals surface area contributed by atoms with Gasteiger partial charge in [0.2, 0.25) is 0 Å². The van der Waals surface area contributed by atoms with Crippen molar-refractivity contribution in [3.63, 3.8) is 0 Å². The predicted octanol–water partition coefficient (Wildman–Crippen LogP) is -0.585. The Hall–Kier alpha value is -2.68. The fourth-order valence-corrected chi connectivity index (χ4v) is 1.97. The van der Waals surface area contributed by atoms with Crippen molar-refractivity contribution in [2.24, 2.45) is 0 Å². The number of nitrogens with two attached hydrogens (primary N) is 1. The minimum absolute atomic E-state index is 0.142. The lowest BCUT2D eigenvalue weighted by molar-refractivity contribution is 0.0603. The minimum atomic E-state index is -0.551.